The van der Waals surface area contributed by atoms with Crippen LogP contribution < -0.4 is 11.4 Å². The Morgan fingerprint density at radius 2 is 2.11 bits per heavy atom. The van der Waals surface area contributed by atoms with Gasteiger partial charge in [-0.15, -0.1) is 0 Å². The van der Waals surface area contributed by atoms with Crippen molar-refractivity contribution in [3.8, 4) is 0 Å². The molecular weight excluding hydrogens is 383 g/mol. The summed E-state index contributed by atoms with van der Waals surface area (Å²) in [5, 5.41) is 0.266. The monoisotopic (exact) mass is 402 g/mol. The van der Waals surface area contributed by atoms with Crippen molar-refractivity contribution >= 4 is 34.2 Å². The van der Waals surface area contributed by atoms with Crippen LogP contribution in [0.5, 0.6) is 0 Å². The highest BCUT2D eigenvalue weighted by atomic mass is 35.5. The Hall–Kier alpha value is -2.80. The summed E-state index contributed by atoms with van der Waals surface area (Å²) in [5.41, 5.74) is 8.24. The molecule has 1 aromatic heterocycles. The Balaban J connectivity index is 1.56. The first kappa shape index (κ1) is 18.6. The van der Waals surface area contributed by atoms with E-state index in [-0.39, 0.29) is 29.1 Å². The molecule has 146 valence electrons. The Morgan fingerprint density at radius 3 is 2.89 bits per heavy atom. The molecule has 2 heterocycles. The van der Waals surface area contributed by atoms with Crippen LogP contribution in [0, 0.1) is 5.82 Å². The minimum absolute atomic E-state index is 0.0694. The van der Waals surface area contributed by atoms with Crippen molar-refractivity contribution in [3.63, 3.8) is 0 Å². The van der Waals surface area contributed by atoms with E-state index in [2.05, 4.69) is 4.98 Å². The number of hydrogen-bond acceptors (Lipinski definition) is 3. The van der Waals surface area contributed by atoms with Gasteiger partial charge >= 0.3 is 5.69 Å². The SMILES string of the molecule is Nc1ccc2[nH]c(=O)n([C@H]3CCCN(C(=O)Cc4cc(F)cc(Cl)c4)C3)c2c1. The Morgan fingerprint density at radius 1 is 1.29 bits per heavy atom. The number of rotatable bonds is 3. The van der Waals surface area contributed by atoms with Gasteiger partial charge in [-0.2, -0.15) is 0 Å². The lowest BCUT2D eigenvalue weighted by Gasteiger charge is -2.33. The highest BCUT2D eigenvalue weighted by Crippen LogP contribution is 2.26. The van der Waals surface area contributed by atoms with Crippen LogP contribution in [0.3, 0.4) is 0 Å². The third-order valence-corrected chi connectivity index (χ3v) is 5.35. The number of anilines is 1. The molecule has 4 rings (SSSR count). The molecule has 1 aliphatic heterocycles. The van der Waals surface area contributed by atoms with Crippen molar-refractivity contribution in [2.75, 3.05) is 18.8 Å². The van der Waals surface area contributed by atoms with Crippen LogP contribution in [0.1, 0.15) is 24.4 Å². The third-order valence-electron chi connectivity index (χ3n) is 5.13. The van der Waals surface area contributed by atoms with Gasteiger partial charge in [-0.3, -0.25) is 9.36 Å². The van der Waals surface area contributed by atoms with Crippen LogP contribution in [-0.2, 0) is 11.2 Å². The van der Waals surface area contributed by atoms with E-state index in [0.717, 1.165) is 23.9 Å². The summed E-state index contributed by atoms with van der Waals surface area (Å²) >= 11 is 5.88. The van der Waals surface area contributed by atoms with Gasteiger partial charge in [-0.1, -0.05) is 11.6 Å². The maximum absolute atomic E-state index is 13.5. The predicted molar refractivity (Wildman–Crippen MR) is 107 cm³/mol. The van der Waals surface area contributed by atoms with Gasteiger partial charge in [0.25, 0.3) is 0 Å². The number of benzene rings is 2. The van der Waals surface area contributed by atoms with Gasteiger partial charge in [0.05, 0.1) is 23.5 Å². The van der Waals surface area contributed by atoms with E-state index >= 15 is 0 Å². The molecule has 3 N–H and O–H groups in total. The number of piperidine rings is 1. The molecule has 1 saturated heterocycles. The summed E-state index contributed by atoms with van der Waals surface area (Å²) in [6, 6.07) is 9.27. The molecule has 8 heteroatoms. The number of nitrogens with one attached hydrogen (secondary N) is 1. The lowest BCUT2D eigenvalue weighted by atomic mass is 10.0. The highest BCUT2D eigenvalue weighted by molar-refractivity contribution is 6.30. The van der Waals surface area contributed by atoms with Crippen molar-refractivity contribution < 1.29 is 9.18 Å². The van der Waals surface area contributed by atoms with Gasteiger partial charge in [-0.25, -0.2) is 9.18 Å². The smallest absolute Gasteiger partial charge is 0.326 e. The zero-order valence-corrected chi connectivity index (χ0v) is 15.9. The lowest BCUT2D eigenvalue weighted by molar-refractivity contribution is -0.132. The zero-order chi connectivity index (χ0) is 19.8. The second-order valence-electron chi connectivity index (χ2n) is 7.17. The topological polar surface area (TPSA) is 84.1 Å². The fourth-order valence-electron chi connectivity index (χ4n) is 3.89. The molecule has 3 aromatic rings. The summed E-state index contributed by atoms with van der Waals surface area (Å²) in [5.74, 6) is -0.575. The second kappa shape index (κ2) is 7.31. The first-order valence-corrected chi connectivity index (χ1v) is 9.51. The van der Waals surface area contributed by atoms with E-state index in [9.17, 15) is 14.0 Å². The van der Waals surface area contributed by atoms with Crippen molar-refractivity contribution in [2.45, 2.75) is 25.3 Å². The molecular formula is C20H20ClFN4O2. The Bertz CT molecular complexity index is 1090. The molecule has 2 aromatic carbocycles. The van der Waals surface area contributed by atoms with Crippen LogP contribution in [0.25, 0.3) is 11.0 Å². The number of carbonyl (C=O) groups is 1. The summed E-state index contributed by atoms with van der Waals surface area (Å²) in [7, 11) is 0. The number of nitrogens with two attached hydrogens (primary N) is 1. The van der Waals surface area contributed by atoms with Gasteiger partial charge in [0, 0.05) is 23.8 Å². The van der Waals surface area contributed by atoms with Crippen LogP contribution in [0.15, 0.2) is 41.2 Å². The van der Waals surface area contributed by atoms with E-state index in [0.29, 0.717) is 24.3 Å². The van der Waals surface area contributed by atoms with E-state index in [1.165, 1.54) is 12.1 Å². The minimum atomic E-state index is -0.463. The van der Waals surface area contributed by atoms with E-state index in [1.54, 1.807) is 33.7 Å². The van der Waals surface area contributed by atoms with Crippen LogP contribution >= 0.6 is 11.6 Å². The van der Waals surface area contributed by atoms with Crippen LogP contribution in [0.4, 0.5) is 10.1 Å². The molecule has 0 bridgehead atoms. The fourth-order valence-corrected chi connectivity index (χ4v) is 4.14. The van der Waals surface area contributed by atoms with Crippen molar-refractivity contribution in [1.82, 2.24) is 14.5 Å². The first-order chi connectivity index (χ1) is 13.4. The number of aromatic amines is 1. The van der Waals surface area contributed by atoms with E-state index in [4.69, 9.17) is 17.3 Å². The standard InChI is InChI=1S/C20H20ClFN4O2/c21-13-6-12(7-14(22)9-13)8-19(27)25-5-1-2-16(11-25)26-18-10-15(23)3-4-17(18)24-20(26)28/h3-4,6-7,9-10,16H,1-2,5,8,11,23H2,(H,24,28)/t16-/m0/s1. The minimum Gasteiger partial charge on any atom is -0.399 e. The lowest BCUT2D eigenvalue weighted by Crippen LogP contribution is -2.43. The number of fused-ring (bicyclic) bond motifs is 1. The van der Waals surface area contributed by atoms with E-state index < -0.39 is 5.82 Å². The van der Waals surface area contributed by atoms with Gasteiger partial charge in [0.1, 0.15) is 5.82 Å². The van der Waals surface area contributed by atoms with Crippen molar-refractivity contribution in [1.29, 1.82) is 0 Å². The molecule has 0 spiro atoms. The number of amides is 1. The average Bonchev–Trinajstić information content (AvgIpc) is 2.96. The molecule has 0 unspecified atom stereocenters. The molecule has 0 saturated carbocycles. The molecule has 6 nitrogen and oxygen atoms in total. The molecule has 1 fully saturated rings. The quantitative estimate of drug-likeness (QED) is 0.660. The summed E-state index contributed by atoms with van der Waals surface area (Å²) < 4.78 is 15.2. The van der Waals surface area contributed by atoms with Gasteiger partial charge in [-0.05, 0) is 54.8 Å². The molecule has 1 aliphatic rings. The molecule has 1 atom stereocenters. The maximum Gasteiger partial charge on any atom is 0.326 e. The zero-order valence-electron chi connectivity index (χ0n) is 15.1. The normalized spacial score (nSPS) is 17.2. The molecule has 28 heavy (non-hydrogen) atoms. The number of halogens is 2. The van der Waals surface area contributed by atoms with Crippen molar-refractivity contribution in [3.05, 3.63) is 63.3 Å². The second-order valence-corrected chi connectivity index (χ2v) is 7.60. The fraction of sp³-hybridized carbons (Fsp3) is 0.300. The number of nitrogens with zero attached hydrogens (tertiary/aromatic N) is 2. The maximum atomic E-state index is 13.5. The number of nitrogen functional groups attached to an aromatic ring is 1. The largest absolute Gasteiger partial charge is 0.399 e. The highest BCUT2D eigenvalue weighted by Gasteiger charge is 2.27. The van der Waals surface area contributed by atoms with Gasteiger partial charge in [0.2, 0.25) is 5.91 Å². The first-order valence-electron chi connectivity index (χ1n) is 9.13. The number of likely N-dealkylation sites (tertiary alicyclic amines) is 1. The van der Waals surface area contributed by atoms with E-state index in [1.807, 2.05) is 0 Å². The summed E-state index contributed by atoms with van der Waals surface area (Å²) in [6.07, 6.45) is 1.64. The Kier molecular flexibility index (Phi) is 4.85. The number of aromatic nitrogens is 2. The Labute approximate surface area is 165 Å². The molecule has 0 radical (unpaired) electrons. The predicted octanol–water partition coefficient (Wildman–Crippen LogP) is 3.11. The van der Waals surface area contributed by atoms with Crippen LogP contribution in [-0.4, -0.2) is 33.4 Å². The number of imidazole rings is 1. The van der Waals surface area contributed by atoms with Crippen LogP contribution in [0.2, 0.25) is 5.02 Å². The van der Waals surface area contributed by atoms with Gasteiger partial charge in [0.15, 0.2) is 0 Å². The van der Waals surface area contributed by atoms with Gasteiger partial charge < -0.3 is 15.6 Å². The third kappa shape index (κ3) is 3.62. The van der Waals surface area contributed by atoms with Crippen molar-refractivity contribution in [2.24, 2.45) is 0 Å². The molecule has 1 amide bonds. The molecule has 0 aliphatic carbocycles. The number of hydrogen-bond donors (Lipinski definition) is 2. The number of carbonyl (C=O) groups excluding carboxylic acids is 1. The number of H-pyrrole nitrogens is 1. The summed E-state index contributed by atoms with van der Waals surface area (Å²) in [4.78, 5) is 29.8. The average molecular weight is 403 g/mol. The summed E-state index contributed by atoms with van der Waals surface area (Å²) in [6.45, 7) is 1.03.